The summed E-state index contributed by atoms with van der Waals surface area (Å²) >= 11 is 0. The van der Waals surface area contributed by atoms with Crippen molar-refractivity contribution in [3.63, 3.8) is 0 Å². The molecule has 0 aromatic heterocycles. The number of carbonyl (C=O) groups excluding carboxylic acids is 1. The number of fused-ring (bicyclic) bond motifs is 1. The molecule has 1 aliphatic carbocycles. The fourth-order valence-electron chi connectivity index (χ4n) is 4.43. The van der Waals surface area contributed by atoms with E-state index in [1.807, 2.05) is 6.08 Å². The van der Waals surface area contributed by atoms with Gasteiger partial charge in [0.05, 0.1) is 23.4 Å². The van der Waals surface area contributed by atoms with Gasteiger partial charge in [0, 0.05) is 31.0 Å². The molecule has 4 N–H and O–H groups in total. The molecular weight excluding hydrogens is 392 g/mol. The van der Waals surface area contributed by atoms with Gasteiger partial charge in [-0.15, -0.1) is 0 Å². The van der Waals surface area contributed by atoms with Gasteiger partial charge in [-0.05, 0) is 37.1 Å². The van der Waals surface area contributed by atoms with Crippen molar-refractivity contribution in [3.05, 3.63) is 52.7 Å². The topological polar surface area (TPSA) is 153 Å². The third kappa shape index (κ3) is 3.72. The van der Waals surface area contributed by atoms with Crippen LogP contribution in [0.25, 0.3) is 0 Å². The summed E-state index contributed by atoms with van der Waals surface area (Å²) in [6.45, 7) is 5.18. The van der Waals surface area contributed by atoms with Crippen LogP contribution in [0.4, 0.5) is 0 Å². The summed E-state index contributed by atoms with van der Waals surface area (Å²) in [5.74, 6) is -0.966. The Bertz CT molecular complexity index is 1050. The third-order valence-corrected chi connectivity index (χ3v) is 6.04. The Hall–Kier alpha value is -3.80. The Balaban J connectivity index is 2.15. The molecule has 1 heterocycles. The molecule has 0 saturated heterocycles. The third-order valence-electron chi connectivity index (χ3n) is 6.04. The van der Waals surface area contributed by atoms with Gasteiger partial charge in [-0.3, -0.25) is 9.69 Å². The Morgan fingerprint density at radius 1 is 1.26 bits per heavy atom. The summed E-state index contributed by atoms with van der Waals surface area (Å²) in [5.41, 5.74) is 11.5. The molecule has 1 amide bonds. The lowest BCUT2D eigenvalue weighted by Gasteiger charge is -2.46. The van der Waals surface area contributed by atoms with E-state index in [4.69, 9.17) is 16.2 Å². The van der Waals surface area contributed by atoms with Crippen molar-refractivity contribution in [1.82, 2.24) is 4.90 Å². The Morgan fingerprint density at radius 3 is 2.42 bits per heavy atom. The van der Waals surface area contributed by atoms with E-state index in [1.165, 1.54) is 0 Å². The summed E-state index contributed by atoms with van der Waals surface area (Å²) in [7, 11) is 0. The molecule has 3 rings (SSSR count). The van der Waals surface area contributed by atoms with E-state index < -0.39 is 17.2 Å². The smallest absolute Gasteiger partial charge is 0.255 e. The number of hydrogen-bond donors (Lipinski definition) is 2. The zero-order chi connectivity index (χ0) is 22.8. The van der Waals surface area contributed by atoms with Crippen LogP contribution in [-0.4, -0.2) is 36.5 Å². The van der Waals surface area contributed by atoms with Gasteiger partial charge in [0.25, 0.3) is 5.91 Å². The van der Waals surface area contributed by atoms with Crippen molar-refractivity contribution >= 4 is 5.91 Å². The number of amides is 1. The van der Waals surface area contributed by atoms with Gasteiger partial charge in [-0.2, -0.15) is 15.8 Å². The second-order valence-corrected chi connectivity index (χ2v) is 8.05. The summed E-state index contributed by atoms with van der Waals surface area (Å²) in [6.07, 6.45) is 1.98. The summed E-state index contributed by atoms with van der Waals surface area (Å²) in [4.78, 5) is 13.2. The van der Waals surface area contributed by atoms with E-state index in [0.717, 1.165) is 11.1 Å². The van der Waals surface area contributed by atoms with Crippen LogP contribution in [0.1, 0.15) is 25.3 Å². The first-order valence-corrected chi connectivity index (χ1v) is 9.97. The molecule has 0 fully saturated rings. The van der Waals surface area contributed by atoms with Crippen LogP contribution >= 0.6 is 0 Å². The largest absolute Gasteiger partial charge is 0.484 e. The summed E-state index contributed by atoms with van der Waals surface area (Å²) < 4.78 is 5.32. The van der Waals surface area contributed by atoms with E-state index in [9.17, 15) is 20.6 Å². The first-order valence-electron chi connectivity index (χ1n) is 9.97. The predicted molar refractivity (Wildman–Crippen MR) is 113 cm³/mol. The first-order chi connectivity index (χ1) is 14.8. The summed E-state index contributed by atoms with van der Waals surface area (Å²) in [6, 6.07) is 13.5. The second-order valence-electron chi connectivity index (χ2n) is 8.05. The van der Waals surface area contributed by atoms with E-state index in [2.05, 4.69) is 37.0 Å². The minimum Gasteiger partial charge on any atom is -0.484 e. The van der Waals surface area contributed by atoms with E-state index in [0.29, 0.717) is 18.8 Å². The van der Waals surface area contributed by atoms with Crippen molar-refractivity contribution in [2.45, 2.75) is 25.8 Å². The predicted octanol–water partition coefficient (Wildman–Crippen LogP) is 1.68. The zero-order valence-corrected chi connectivity index (χ0v) is 17.5. The number of nitrogens with zero attached hydrogens (tertiary/aromatic N) is 4. The van der Waals surface area contributed by atoms with Gasteiger partial charge in [0.2, 0.25) is 0 Å². The summed E-state index contributed by atoms with van der Waals surface area (Å²) in [5, 5.41) is 30.0. The molecule has 8 nitrogen and oxygen atoms in total. The fraction of sp³-hybridized carbons (Fsp3) is 0.391. The van der Waals surface area contributed by atoms with Gasteiger partial charge in [-0.25, -0.2) is 0 Å². The molecule has 0 spiro atoms. The van der Waals surface area contributed by atoms with Crippen LogP contribution < -0.4 is 16.2 Å². The number of allylic oxidation sites excluding steroid dienone is 2. The molecule has 0 radical (unpaired) electrons. The molecule has 31 heavy (non-hydrogen) atoms. The maximum absolute atomic E-state index is 11.0. The van der Waals surface area contributed by atoms with Crippen LogP contribution in [0.5, 0.6) is 5.75 Å². The number of hydrogen-bond acceptors (Lipinski definition) is 7. The van der Waals surface area contributed by atoms with Gasteiger partial charge in [0.15, 0.2) is 12.0 Å². The average Bonchev–Trinajstić information content (AvgIpc) is 2.77. The van der Waals surface area contributed by atoms with E-state index >= 15 is 0 Å². The number of benzene rings is 1. The molecule has 8 heteroatoms. The molecule has 2 atom stereocenters. The number of rotatable bonds is 5. The monoisotopic (exact) mass is 416 g/mol. The quantitative estimate of drug-likeness (QED) is 0.740. The van der Waals surface area contributed by atoms with Crippen LogP contribution in [-0.2, 0) is 4.79 Å². The number of nitrogens with two attached hydrogens (primary N) is 2. The minimum atomic E-state index is -1.68. The van der Waals surface area contributed by atoms with E-state index in [-0.39, 0.29) is 29.8 Å². The van der Waals surface area contributed by atoms with Gasteiger partial charge >= 0.3 is 0 Å². The molecule has 2 aliphatic rings. The fourth-order valence-corrected chi connectivity index (χ4v) is 4.43. The van der Waals surface area contributed by atoms with Gasteiger partial charge in [0.1, 0.15) is 11.8 Å². The number of ether oxygens (including phenoxy) is 1. The van der Waals surface area contributed by atoms with Gasteiger partial charge in [-0.1, -0.05) is 18.2 Å². The Labute approximate surface area is 181 Å². The molecule has 2 unspecified atom stereocenters. The van der Waals surface area contributed by atoms with Crippen LogP contribution in [0, 0.1) is 45.3 Å². The molecule has 1 aromatic rings. The van der Waals surface area contributed by atoms with Crippen LogP contribution in [0.3, 0.4) is 0 Å². The maximum atomic E-state index is 11.0. The molecule has 0 bridgehead atoms. The average molecular weight is 416 g/mol. The number of nitriles is 3. The maximum Gasteiger partial charge on any atom is 0.255 e. The van der Waals surface area contributed by atoms with Crippen molar-refractivity contribution in [3.8, 4) is 24.0 Å². The van der Waals surface area contributed by atoms with Crippen LogP contribution in [0.15, 0.2) is 47.2 Å². The molecular formula is C23H24N6O2. The standard InChI is InChI=1S/C23H24N6O2/c1-14(2)29-8-7-17-18(9-24)22(28)23(12-25,13-26)21(19(17)10-29)15-3-5-16(6-4-15)31-11-20(27)30/h3-7,14,19,21H,8,10-11,28H2,1-2H3,(H2,27,30). The Morgan fingerprint density at radius 2 is 1.90 bits per heavy atom. The highest BCUT2D eigenvalue weighted by Crippen LogP contribution is 2.54. The van der Waals surface area contributed by atoms with Crippen molar-refractivity contribution in [1.29, 1.82) is 15.8 Å². The van der Waals surface area contributed by atoms with Gasteiger partial charge < -0.3 is 16.2 Å². The van der Waals surface area contributed by atoms with Crippen molar-refractivity contribution in [2.75, 3.05) is 19.7 Å². The zero-order valence-electron chi connectivity index (χ0n) is 17.5. The highest BCUT2D eigenvalue weighted by Gasteiger charge is 2.54. The highest BCUT2D eigenvalue weighted by molar-refractivity contribution is 5.75. The minimum absolute atomic E-state index is 0.000415. The van der Waals surface area contributed by atoms with Crippen molar-refractivity contribution in [2.24, 2.45) is 22.8 Å². The van der Waals surface area contributed by atoms with E-state index in [1.54, 1.807) is 24.3 Å². The lowest BCUT2D eigenvalue weighted by Crippen LogP contribution is -2.49. The molecule has 1 aliphatic heterocycles. The van der Waals surface area contributed by atoms with Crippen LogP contribution in [0.2, 0.25) is 0 Å². The van der Waals surface area contributed by atoms with Crippen molar-refractivity contribution < 1.29 is 9.53 Å². The number of carbonyl (C=O) groups is 1. The first kappa shape index (κ1) is 21.9. The number of primary amides is 1. The highest BCUT2D eigenvalue weighted by atomic mass is 16.5. The molecule has 1 aromatic carbocycles. The molecule has 0 saturated carbocycles. The normalized spacial score (nSPS) is 22.5. The lowest BCUT2D eigenvalue weighted by atomic mass is 9.58. The lowest BCUT2D eigenvalue weighted by molar-refractivity contribution is -0.119. The second kappa shape index (κ2) is 8.52. The SMILES string of the molecule is CC(C)N1CC=C2C(C#N)=C(N)C(C#N)(C#N)C(c3ccc(OCC(N)=O)cc3)C2C1. The molecule has 158 valence electrons. The Kier molecular flexibility index (Phi) is 6.02.